The minimum atomic E-state index is -1.21. The number of carboxylic acid groups (broad SMARTS) is 1. The van der Waals surface area contributed by atoms with E-state index in [1.165, 1.54) is 55.1 Å². The van der Waals surface area contributed by atoms with Gasteiger partial charge in [-0.1, -0.05) is 13.8 Å². The summed E-state index contributed by atoms with van der Waals surface area (Å²) in [6.45, 7) is 15.3. The molecule has 0 aliphatic carbocycles. The second-order valence-electron chi connectivity index (χ2n) is 11.2. The number of rotatable bonds is 9. The van der Waals surface area contributed by atoms with E-state index in [-0.39, 0.29) is 17.8 Å². The van der Waals surface area contributed by atoms with Crippen molar-refractivity contribution in [1.29, 1.82) is 5.26 Å². The van der Waals surface area contributed by atoms with Crippen LogP contribution < -0.4 is 4.90 Å². The maximum absolute atomic E-state index is 11.4. The summed E-state index contributed by atoms with van der Waals surface area (Å²) in [5.74, 6) is -0.682. The fraction of sp³-hybridized carbons (Fsp3) is 0.455. The molecule has 3 unspecified atom stereocenters. The van der Waals surface area contributed by atoms with Crippen LogP contribution in [-0.2, 0) is 14.3 Å². The van der Waals surface area contributed by atoms with E-state index in [4.69, 9.17) is 9.47 Å². The third kappa shape index (κ3) is 5.61. The number of hydrogen-bond acceptors (Lipinski definition) is 7. The van der Waals surface area contributed by atoms with Crippen molar-refractivity contribution in [3.8, 4) is 26.3 Å². The lowest BCUT2D eigenvalue weighted by Crippen LogP contribution is -2.47. The number of aryl methyl sites for hydroxylation is 2. The second-order valence-corrected chi connectivity index (χ2v) is 13.3. The molecule has 1 N–H and O–H groups in total. The zero-order chi connectivity index (χ0) is 29.4. The zero-order valence-electron chi connectivity index (χ0n) is 24.6. The van der Waals surface area contributed by atoms with Crippen molar-refractivity contribution in [3.63, 3.8) is 0 Å². The lowest BCUT2D eigenvalue weighted by molar-refractivity contribution is -0.132. The van der Waals surface area contributed by atoms with Gasteiger partial charge in [0.1, 0.15) is 11.6 Å². The van der Waals surface area contributed by atoms with E-state index in [1.807, 2.05) is 13.0 Å². The third-order valence-corrected chi connectivity index (χ3v) is 10.8. The fourth-order valence-corrected chi connectivity index (χ4v) is 8.81. The van der Waals surface area contributed by atoms with Crippen LogP contribution in [0.2, 0.25) is 0 Å². The van der Waals surface area contributed by atoms with E-state index in [2.05, 4.69) is 57.7 Å². The number of benzene rings is 1. The number of anilines is 1. The van der Waals surface area contributed by atoms with E-state index in [0.717, 1.165) is 34.7 Å². The highest BCUT2D eigenvalue weighted by Gasteiger charge is 2.40. The van der Waals surface area contributed by atoms with Gasteiger partial charge in [-0.3, -0.25) is 0 Å². The Morgan fingerprint density at radius 2 is 1.71 bits per heavy atom. The van der Waals surface area contributed by atoms with E-state index in [1.54, 1.807) is 17.4 Å². The summed E-state index contributed by atoms with van der Waals surface area (Å²) in [5.41, 5.74) is 7.03. The summed E-state index contributed by atoms with van der Waals surface area (Å²) < 4.78 is 12.7. The number of hydrogen-bond donors (Lipinski definition) is 1. The van der Waals surface area contributed by atoms with Crippen molar-refractivity contribution in [2.45, 2.75) is 72.6 Å². The predicted molar refractivity (Wildman–Crippen MR) is 168 cm³/mol. The molecule has 4 heterocycles. The Kier molecular flexibility index (Phi) is 8.72. The fourth-order valence-electron chi connectivity index (χ4n) is 6.28. The summed E-state index contributed by atoms with van der Waals surface area (Å²) in [6, 6.07) is 11.1. The van der Waals surface area contributed by atoms with Gasteiger partial charge in [0.05, 0.1) is 12.2 Å². The van der Waals surface area contributed by atoms with Crippen molar-refractivity contribution in [2.24, 2.45) is 5.92 Å². The van der Waals surface area contributed by atoms with Crippen LogP contribution in [0, 0.1) is 31.1 Å². The molecule has 2 aromatic heterocycles. The molecule has 5 rings (SSSR count). The molecule has 2 aliphatic heterocycles. The predicted octanol–water partition coefficient (Wildman–Crippen LogP) is 8.55. The second kappa shape index (κ2) is 12.1. The molecule has 0 amide bonds. The largest absolute Gasteiger partial charge is 0.477 e. The average molecular weight is 591 g/mol. The molecule has 0 saturated carbocycles. The normalized spacial score (nSPS) is 20.3. The van der Waals surface area contributed by atoms with Crippen molar-refractivity contribution in [1.82, 2.24) is 0 Å². The van der Waals surface area contributed by atoms with Crippen LogP contribution in [0.15, 0.2) is 29.8 Å². The molecular weight excluding hydrogens is 553 g/mol. The maximum atomic E-state index is 11.4. The molecule has 0 bridgehead atoms. The molecule has 2 aliphatic rings. The van der Waals surface area contributed by atoms with Gasteiger partial charge in [0, 0.05) is 62.1 Å². The summed E-state index contributed by atoms with van der Waals surface area (Å²) in [5, 5.41) is 18.5. The zero-order valence-corrected chi connectivity index (χ0v) is 26.2. The van der Waals surface area contributed by atoms with Crippen LogP contribution in [0.25, 0.3) is 26.3 Å². The van der Waals surface area contributed by atoms with E-state index in [0.29, 0.717) is 25.2 Å². The van der Waals surface area contributed by atoms with Gasteiger partial charge in [-0.2, -0.15) is 5.26 Å². The van der Waals surface area contributed by atoms with E-state index >= 15 is 0 Å². The molecule has 0 saturated heterocycles. The van der Waals surface area contributed by atoms with E-state index < -0.39 is 5.97 Å². The lowest BCUT2D eigenvalue weighted by atomic mass is 9.81. The molecule has 216 valence electrons. The van der Waals surface area contributed by atoms with Crippen molar-refractivity contribution in [2.75, 3.05) is 24.7 Å². The first-order valence-electron chi connectivity index (χ1n) is 14.4. The van der Waals surface area contributed by atoms with Crippen LogP contribution in [0.1, 0.15) is 79.9 Å². The van der Waals surface area contributed by atoms with Gasteiger partial charge in [0.2, 0.25) is 0 Å². The van der Waals surface area contributed by atoms with Crippen LogP contribution in [0.4, 0.5) is 5.69 Å². The topological polar surface area (TPSA) is 82.8 Å². The first-order chi connectivity index (χ1) is 19.7. The molecule has 3 aromatic rings. The molecule has 0 radical (unpaired) electrons. The smallest absolute Gasteiger partial charge is 0.346 e. The van der Waals surface area contributed by atoms with E-state index in [9.17, 15) is 15.2 Å². The minimum absolute atomic E-state index is 0.0516. The summed E-state index contributed by atoms with van der Waals surface area (Å²) in [6.07, 6.45) is 3.54. The molecule has 3 atom stereocenters. The van der Waals surface area contributed by atoms with Gasteiger partial charge in [-0.25, -0.2) is 4.79 Å². The summed E-state index contributed by atoms with van der Waals surface area (Å²) in [4.78, 5) is 18.2. The number of nitriles is 1. The highest BCUT2D eigenvalue weighted by Crippen LogP contribution is 2.51. The molecule has 8 heteroatoms. The van der Waals surface area contributed by atoms with Crippen LogP contribution in [0.3, 0.4) is 0 Å². The summed E-state index contributed by atoms with van der Waals surface area (Å²) in [7, 11) is 0. The maximum Gasteiger partial charge on any atom is 0.346 e. The van der Waals surface area contributed by atoms with Gasteiger partial charge in [-0.05, 0) is 93.5 Å². The molecule has 41 heavy (non-hydrogen) atoms. The first kappa shape index (κ1) is 29.5. The van der Waals surface area contributed by atoms with Crippen molar-refractivity contribution in [3.05, 3.63) is 57.0 Å². The number of nitrogens with zero attached hydrogens (tertiary/aromatic N) is 2. The Morgan fingerprint density at radius 3 is 2.34 bits per heavy atom. The summed E-state index contributed by atoms with van der Waals surface area (Å²) >= 11 is 3.29. The highest BCUT2D eigenvalue weighted by atomic mass is 32.1. The third-order valence-electron chi connectivity index (χ3n) is 8.13. The quantitative estimate of drug-likeness (QED) is 0.199. The van der Waals surface area contributed by atoms with Crippen LogP contribution >= 0.6 is 22.7 Å². The number of aliphatic carboxylic acids is 1. The number of carbonyl (C=O) groups is 1. The first-order valence-corrected chi connectivity index (χ1v) is 16.0. The standard InChI is InChI=1S/C33H38N2O4S2/c1-7-38-27-9-10-35-26(18(3)4)16-28(39-8-2)25-15-21(14-24(27)30(25)35)29-12-20(6)32(41-29)31-19(5)11-23(40-31)13-22(17-34)33(36)37/h11-15,18,26-28H,7-10,16H2,1-6H3,(H,36,37)/b22-13+. The molecule has 0 fully saturated rings. The van der Waals surface area contributed by atoms with Gasteiger partial charge in [0.15, 0.2) is 0 Å². The van der Waals surface area contributed by atoms with Crippen LogP contribution in [-0.4, -0.2) is 36.9 Å². The number of thiophene rings is 2. The monoisotopic (exact) mass is 590 g/mol. The SMILES string of the molecule is CCOC1CCN2c3c1cc(-c1cc(C)c(-c4sc(/C=C(\C#N)C(=O)O)cc4C)s1)cc3C(OCC)CC2C(C)C. The van der Waals surface area contributed by atoms with Crippen molar-refractivity contribution < 1.29 is 19.4 Å². The number of ether oxygens (including phenoxy) is 2. The lowest BCUT2D eigenvalue weighted by Gasteiger charge is -2.48. The number of carboxylic acids is 1. The van der Waals surface area contributed by atoms with Gasteiger partial charge in [0.25, 0.3) is 0 Å². The van der Waals surface area contributed by atoms with Gasteiger partial charge < -0.3 is 19.5 Å². The van der Waals surface area contributed by atoms with Crippen LogP contribution in [0.5, 0.6) is 0 Å². The molecule has 1 aromatic carbocycles. The Bertz CT molecular complexity index is 1510. The van der Waals surface area contributed by atoms with Crippen molar-refractivity contribution >= 4 is 40.4 Å². The Morgan fingerprint density at radius 1 is 1.07 bits per heavy atom. The average Bonchev–Trinajstić information content (AvgIpc) is 3.50. The van der Waals surface area contributed by atoms with Gasteiger partial charge >= 0.3 is 5.97 Å². The molecule has 0 spiro atoms. The Hall–Kier alpha value is -2.96. The van der Waals surface area contributed by atoms with Gasteiger partial charge in [-0.15, -0.1) is 22.7 Å². The molecule has 6 nitrogen and oxygen atoms in total. The minimum Gasteiger partial charge on any atom is -0.477 e. The Balaban J connectivity index is 1.61. The Labute approximate surface area is 250 Å². The molecular formula is C33H38N2O4S2. The highest BCUT2D eigenvalue weighted by molar-refractivity contribution is 7.24.